The van der Waals surface area contributed by atoms with Gasteiger partial charge in [-0.05, 0) is 24.6 Å². The molecule has 1 rings (SSSR count). The van der Waals surface area contributed by atoms with Crippen LogP contribution in [0, 0.1) is 0 Å². The summed E-state index contributed by atoms with van der Waals surface area (Å²) < 4.78 is 0. The number of alkyl halides is 2. The molecule has 0 aliphatic heterocycles. The predicted molar refractivity (Wildman–Crippen MR) is 71.7 cm³/mol. The summed E-state index contributed by atoms with van der Waals surface area (Å²) in [5, 5.41) is 21.3. The minimum Gasteiger partial charge on any atom is -0.504 e. The third-order valence-electron chi connectivity index (χ3n) is 2.80. The van der Waals surface area contributed by atoms with Crippen molar-refractivity contribution in [1.82, 2.24) is 5.32 Å². The average molecular weight is 292 g/mol. The number of carbonyl (C=O) groups is 1. The molecule has 1 aromatic carbocycles. The first-order chi connectivity index (χ1) is 8.48. The van der Waals surface area contributed by atoms with Gasteiger partial charge < -0.3 is 15.5 Å². The summed E-state index contributed by atoms with van der Waals surface area (Å²) in [5.74, 6) is -0.621. The molecule has 0 aliphatic rings. The summed E-state index contributed by atoms with van der Waals surface area (Å²) in [6, 6.07) is 3.85. The third kappa shape index (κ3) is 3.21. The van der Waals surface area contributed by atoms with Gasteiger partial charge in [-0.2, -0.15) is 0 Å². The summed E-state index contributed by atoms with van der Waals surface area (Å²) in [5.41, 5.74) is -0.438. The number of aromatic hydroxyl groups is 2. The van der Waals surface area contributed by atoms with Gasteiger partial charge in [0, 0.05) is 17.3 Å². The minimum atomic E-state index is -0.673. The highest BCUT2D eigenvalue weighted by Gasteiger charge is 2.28. The molecule has 100 valence electrons. The minimum absolute atomic E-state index is 0.197. The van der Waals surface area contributed by atoms with Crippen LogP contribution in [0.3, 0.4) is 0 Å². The van der Waals surface area contributed by atoms with Crippen LogP contribution < -0.4 is 5.32 Å². The lowest BCUT2D eigenvalue weighted by Gasteiger charge is -2.29. The quantitative estimate of drug-likeness (QED) is 0.576. The van der Waals surface area contributed by atoms with Crippen LogP contribution in [-0.2, 0) is 0 Å². The van der Waals surface area contributed by atoms with Crippen molar-refractivity contribution >= 4 is 29.1 Å². The number of hydrogen-bond acceptors (Lipinski definition) is 3. The van der Waals surface area contributed by atoms with Gasteiger partial charge in [0.15, 0.2) is 11.5 Å². The number of phenols is 2. The van der Waals surface area contributed by atoms with E-state index >= 15 is 0 Å². The van der Waals surface area contributed by atoms with Gasteiger partial charge in [-0.3, -0.25) is 4.79 Å². The first kappa shape index (κ1) is 14.9. The Hall–Kier alpha value is -1.13. The molecular weight excluding hydrogens is 277 g/mol. The van der Waals surface area contributed by atoms with Crippen molar-refractivity contribution in [2.75, 3.05) is 11.8 Å². The molecule has 0 saturated carbocycles. The van der Waals surface area contributed by atoms with E-state index in [-0.39, 0.29) is 28.8 Å². The Labute approximate surface area is 116 Å². The fourth-order valence-electron chi connectivity index (χ4n) is 1.36. The molecule has 0 aliphatic carbocycles. The van der Waals surface area contributed by atoms with E-state index in [1.807, 2.05) is 6.92 Å². The molecule has 0 spiro atoms. The smallest absolute Gasteiger partial charge is 0.251 e. The molecule has 0 heterocycles. The van der Waals surface area contributed by atoms with Crippen LogP contribution in [0.5, 0.6) is 11.5 Å². The van der Waals surface area contributed by atoms with Crippen LogP contribution >= 0.6 is 23.2 Å². The normalized spacial score (nSPS) is 11.3. The highest BCUT2D eigenvalue weighted by Crippen LogP contribution is 2.25. The Bertz CT molecular complexity index is 425. The van der Waals surface area contributed by atoms with Gasteiger partial charge in [-0.1, -0.05) is 6.92 Å². The maximum absolute atomic E-state index is 12.0. The van der Waals surface area contributed by atoms with Crippen molar-refractivity contribution in [3.8, 4) is 11.5 Å². The molecule has 18 heavy (non-hydrogen) atoms. The van der Waals surface area contributed by atoms with Crippen molar-refractivity contribution in [3.63, 3.8) is 0 Å². The number of amides is 1. The van der Waals surface area contributed by atoms with Gasteiger partial charge in [0.05, 0.1) is 5.54 Å². The van der Waals surface area contributed by atoms with Crippen molar-refractivity contribution in [2.45, 2.75) is 18.9 Å². The highest BCUT2D eigenvalue weighted by atomic mass is 35.5. The molecule has 6 heteroatoms. The second-order valence-electron chi connectivity index (χ2n) is 4.06. The predicted octanol–water partition coefficient (Wildman–Crippen LogP) is 2.45. The Morgan fingerprint density at radius 1 is 1.28 bits per heavy atom. The van der Waals surface area contributed by atoms with Crippen molar-refractivity contribution in [2.24, 2.45) is 0 Å². The van der Waals surface area contributed by atoms with Crippen molar-refractivity contribution in [3.05, 3.63) is 23.8 Å². The number of phenolic OH excluding ortho intramolecular Hbond substituents is 2. The summed E-state index contributed by atoms with van der Waals surface area (Å²) >= 11 is 11.6. The zero-order valence-electron chi connectivity index (χ0n) is 9.91. The molecule has 3 N–H and O–H groups in total. The Kier molecular flexibility index (Phi) is 5.11. The fourth-order valence-corrected chi connectivity index (χ4v) is 2.15. The molecule has 0 unspecified atom stereocenters. The van der Waals surface area contributed by atoms with Crippen LogP contribution in [0.2, 0.25) is 0 Å². The highest BCUT2D eigenvalue weighted by molar-refractivity contribution is 6.22. The van der Waals surface area contributed by atoms with Crippen LogP contribution in [0.25, 0.3) is 0 Å². The lowest BCUT2D eigenvalue weighted by atomic mass is 10.0. The fraction of sp³-hybridized carbons (Fsp3) is 0.417. The van der Waals surface area contributed by atoms with Crippen LogP contribution in [0.15, 0.2) is 18.2 Å². The maximum atomic E-state index is 12.0. The zero-order chi connectivity index (χ0) is 13.8. The molecule has 0 fully saturated rings. The van der Waals surface area contributed by atoms with Crippen molar-refractivity contribution in [1.29, 1.82) is 0 Å². The molecule has 0 atom stereocenters. The second kappa shape index (κ2) is 6.16. The lowest BCUT2D eigenvalue weighted by molar-refractivity contribution is 0.0913. The van der Waals surface area contributed by atoms with E-state index < -0.39 is 11.4 Å². The molecular formula is C12H15Cl2NO3. The standard InChI is InChI=1S/C12H15Cl2NO3/c1-2-12(6-13,7-14)15-11(18)8-3-4-9(16)10(17)5-8/h3-5,16-17H,2,6-7H2,1H3,(H,15,18). The summed E-state index contributed by atoms with van der Waals surface area (Å²) in [6.45, 7) is 1.87. The van der Waals surface area contributed by atoms with Gasteiger partial charge in [0.2, 0.25) is 0 Å². The Morgan fingerprint density at radius 2 is 1.89 bits per heavy atom. The van der Waals surface area contributed by atoms with E-state index in [1.54, 1.807) is 0 Å². The van der Waals surface area contributed by atoms with Gasteiger partial charge in [-0.25, -0.2) is 0 Å². The lowest BCUT2D eigenvalue weighted by Crippen LogP contribution is -2.51. The number of rotatable bonds is 5. The molecule has 1 aromatic rings. The van der Waals surface area contributed by atoms with Crippen molar-refractivity contribution < 1.29 is 15.0 Å². The topological polar surface area (TPSA) is 69.6 Å². The van der Waals surface area contributed by atoms with E-state index in [2.05, 4.69) is 5.32 Å². The first-order valence-electron chi connectivity index (χ1n) is 5.44. The SMILES string of the molecule is CCC(CCl)(CCl)NC(=O)c1ccc(O)c(O)c1. The van der Waals surface area contributed by atoms with E-state index in [1.165, 1.54) is 18.2 Å². The second-order valence-corrected chi connectivity index (χ2v) is 4.59. The monoisotopic (exact) mass is 291 g/mol. The zero-order valence-corrected chi connectivity index (χ0v) is 11.4. The molecule has 0 bridgehead atoms. The number of benzene rings is 1. The van der Waals surface area contributed by atoms with E-state index in [9.17, 15) is 15.0 Å². The molecule has 0 radical (unpaired) electrons. The van der Waals surface area contributed by atoms with Crippen LogP contribution in [0.1, 0.15) is 23.7 Å². The summed E-state index contributed by atoms with van der Waals surface area (Å²) in [6.07, 6.45) is 0.593. The van der Waals surface area contributed by atoms with E-state index in [0.717, 1.165) is 0 Å². The van der Waals surface area contributed by atoms with Crippen LogP contribution in [0.4, 0.5) is 0 Å². The van der Waals surface area contributed by atoms with E-state index in [0.29, 0.717) is 6.42 Å². The third-order valence-corrected chi connectivity index (χ3v) is 3.83. The number of halogens is 2. The maximum Gasteiger partial charge on any atom is 0.251 e. The number of nitrogens with one attached hydrogen (secondary N) is 1. The molecule has 0 aromatic heterocycles. The molecule has 0 saturated heterocycles. The van der Waals surface area contributed by atoms with Gasteiger partial charge in [0.25, 0.3) is 5.91 Å². The van der Waals surface area contributed by atoms with Gasteiger partial charge in [0.1, 0.15) is 0 Å². The number of hydrogen-bond donors (Lipinski definition) is 3. The summed E-state index contributed by atoms with van der Waals surface area (Å²) in [7, 11) is 0. The van der Waals surface area contributed by atoms with Gasteiger partial charge in [-0.15, -0.1) is 23.2 Å². The van der Waals surface area contributed by atoms with Gasteiger partial charge >= 0.3 is 0 Å². The van der Waals surface area contributed by atoms with Crippen LogP contribution in [-0.4, -0.2) is 33.4 Å². The van der Waals surface area contributed by atoms with E-state index in [4.69, 9.17) is 23.2 Å². The Balaban J connectivity index is 2.90. The number of carbonyl (C=O) groups excluding carboxylic acids is 1. The average Bonchev–Trinajstić information content (AvgIpc) is 2.39. The molecule has 4 nitrogen and oxygen atoms in total. The first-order valence-corrected chi connectivity index (χ1v) is 6.51. The summed E-state index contributed by atoms with van der Waals surface area (Å²) in [4.78, 5) is 12.0. The molecule has 1 amide bonds. The largest absolute Gasteiger partial charge is 0.504 e. The Morgan fingerprint density at radius 3 is 2.33 bits per heavy atom.